The van der Waals surface area contributed by atoms with Gasteiger partial charge in [-0.15, -0.1) is 5.10 Å². The quantitative estimate of drug-likeness (QED) is 0.780. The predicted molar refractivity (Wildman–Crippen MR) is 69.2 cm³/mol. The zero-order chi connectivity index (χ0) is 12.8. The molecule has 1 aromatic heterocycles. The molecule has 0 spiro atoms. The molecule has 0 radical (unpaired) electrons. The van der Waals surface area contributed by atoms with E-state index in [0.29, 0.717) is 13.2 Å². The first kappa shape index (κ1) is 12.6. The summed E-state index contributed by atoms with van der Waals surface area (Å²) in [6, 6.07) is 9.81. The standard InChI is InChI=1S/C13H18N4O/c1-17-13(12(10-14)15-16-17)8-5-9-18-11-6-3-2-4-7-11/h2-4,6-7H,5,8-10,14H2,1H3. The van der Waals surface area contributed by atoms with Crippen LogP contribution in [0.15, 0.2) is 30.3 Å². The van der Waals surface area contributed by atoms with Crippen molar-refractivity contribution in [2.75, 3.05) is 6.61 Å². The van der Waals surface area contributed by atoms with Crippen LogP contribution < -0.4 is 10.5 Å². The topological polar surface area (TPSA) is 66.0 Å². The number of aromatic nitrogens is 3. The van der Waals surface area contributed by atoms with Crippen LogP contribution in [0, 0.1) is 0 Å². The number of para-hydroxylation sites is 1. The Bertz CT molecular complexity index is 481. The Morgan fingerprint density at radius 2 is 2.06 bits per heavy atom. The normalized spacial score (nSPS) is 10.6. The van der Waals surface area contributed by atoms with E-state index in [9.17, 15) is 0 Å². The summed E-state index contributed by atoms with van der Waals surface area (Å²) in [5.74, 6) is 0.902. The fourth-order valence-electron chi connectivity index (χ4n) is 1.83. The summed E-state index contributed by atoms with van der Waals surface area (Å²) >= 11 is 0. The van der Waals surface area contributed by atoms with Gasteiger partial charge in [-0.2, -0.15) is 0 Å². The fraction of sp³-hybridized carbons (Fsp3) is 0.385. The molecule has 0 aliphatic carbocycles. The Morgan fingerprint density at radius 1 is 1.28 bits per heavy atom. The van der Waals surface area contributed by atoms with Crippen LogP contribution in [0.3, 0.4) is 0 Å². The number of nitrogens with zero attached hydrogens (tertiary/aromatic N) is 3. The lowest BCUT2D eigenvalue weighted by atomic mass is 10.2. The highest BCUT2D eigenvalue weighted by molar-refractivity contribution is 5.20. The van der Waals surface area contributed by atoms with Crippen molar-refractivity contribution in [1.82, 2.24) is 15.0 Å². The maximum Gasteiger partial charge on any atom is 0.119 e. The van der Waals surface area contributed by atoms with Gasteiger partial charge in [-0.3, -0.25) is 4.68 Å². The zero-order valence-corrected chi connectivity index (χ0v) is 10.5. The molecule has 1 aromatic carbocycles. The Hall–Kier alpha value is -1.88. The Morgan fingerprint density at radius 3 is 2.78 bits per heavy atom. The van der Waals surface area contributed by atoms with Gasteiger partial charge in [-0.1, -0.05) is 23.4 Å². The summed E-state index contributed by atoms with van der Waals surface area (Å²) in [5.41, 5.74) is 7.58. The summed E-state index contributed by atoms with van der Waals surface area (Å²) in [4.78, 5) is 0. The maximum absolute atomic E-state index is 5.64. The van der Waals surface area contributed by atoms with E-state index in [2.05, 4.69) is 10.3 Å². The summed E-state index contributed by atoms with van der Waals surface area (Å²) < 4.78 is 7.42. The monoisotopic (exact) mass is 246 g/mol. The van der Waals surface area contributed by atoms with Crippen LogP contribution >= 0.6 is 0 Å². The number of benzene rings is 1. The molecule has 0 atom stereocenters. The first-order valence-corrected chi connectivity index (χ1v) is 6.06. The molecule has 0 saturated heterocycles. The summed E-state index contributed by atoms with van der Waals surface area (Å²) in [6.45, 7) is 1.11. The van der Waals surface area contributed by atoms with Gasteiger partial charge in [0, 0.05) is 13.6 Å². The van der Waals surface area contributed by atoms with Gasteiger partial charge in [-0.05, 0) is 25.0 Å². The highest BCUT2D eigenvalue weighted by Crippen LogP contribution is 2.10. The minimum absolute atomic E-state index is 0.433. The third kappa shape index (κ3) is 3.07. The zero-order valence-electron chi connectivity index (χ0n) is 10.5. The van der Waals surface area contributed by atoms with Gasteiger partial charge in [-0.25, -0.2) is 0 Å². The lowest BCUT2D eigenvalue weighted by Gasteiger charge is -2.06. The van der Waals surface area contributed by atoms with Crippen molar-refractivity contribution in [2.45, 2.75) is 19.4 Å². The molecule has 2 rings (SSSR count). The van der Waals surface area contributed by atoms with E-state index in [1.807, 2.05) is 37.4 Å². The van der Waals surface area contributed by atoms with Gasteiger partial charge >= 0.3 is 0 Å². The molecular formula is C13H18N4O. The van der Waals surface area contributed by atoms with Gasteiger partial charge in [0.05, 0.1) is 18.0 Å². The molecule has 96 valence electrons. The number of hydrogen-bond acceptors (Lipinski definition) is 4. The molecule has 18 heavy (non-hydrogen) atoms. The third-order valence-corrected chi connectivity index (χ3v) is 2.79. The molecule has 0 saturated carbocycles. The smallest absolute Gasteiger partial charge is 0.119 e. The van der Waals surface area contributed by atoms with E-state index in [1.54, 1.807) is 4.68 Å². The second kappa shape index (κ2) is 6.16. The molecule has 2 aromatic rings. The number of aryl methyl sites for hydroxylation is 1. The molecule has 2 N–H and O–H groups in total. The van der Waals surface area contributed by atoms with E-state index in [-0.39, 0.29) is 0 Å². The highest BCUT2D eigenvalue weighted by atomic mass is 16.5. The molecular weight excluding hydrogens is 228 g/mol. The van der Waals surface area contributed by atoms with E-state index in [4.69, 9.17) is 10.5 Å². The summed E-state index contributed by atoms with van der Waals surface area (Å²) in [6.07, 6.45) is 1.80. The van der Waals surface area contributed by atoms with Crippen LogP contribution in [-0.2, 0) is 20.0 Å². The Balaban J connectivity index is 1.80. The van der Waals surface area contributed by atoms with E-state index in [1.165, 1.54) is 0 Å². The lowest BCUT2D eigenvalue weighted by molar-refractivity contribution is 0.309. The van der Waals surface area contributed by atoms with E-state index in [0.717, 1.165) is 30.0 Å². The van der Waals surface area contributed by atoms with Crippen LogP contribution in [0.4, 0.5) is 0 Å². The molecule has 0 fully saturated rings. The first-order valence-electron chi connectivity index (χ1n) is 6.06. The number of hydrogen-bond donors (Lipinski definition) is 1. The lowest BCUT2D eigenvalue weighted by Crippen LogP contribution is -2.07. The number of rotatable bonds is 6. The molecule has 0 amide bonds. The van der Waals surface area contributed by atoms with Crippen LogP contribution in [0.5, 0.6) is 5.75 Å². The van der Waals surface area contributed by atoms with Crippen molar-refractivity contribution in [3.8, 4) is 5.75 Å². The van der Waals surface area contributed by atoms with Crippen molar-refractivity contribution >= 4 is 0 Å². The van der Waals surface area contributed by atoms with Gasteiger partial charge in [0.2, 0.25) is 0 Å². The van der Waals surface area contributed by atoms with E-state index < -0.39 is 0 Å². The number of nitrogens with two attached hydrogens (primary N) is 1. The molecule has 5 nitrogen and oxygen atoms in total. The Labute approximate surface area is 107 Å². The molecule has 0 unspecified atom stereocenters. The minimum atomic E-state index is 0.433. The Kier molecular flexibility index (Phi) is 4.30. The van der Waals surface area contributed by atoms with Crippen LogP contribution in [0.1, 0.15) is 17.8 Å². The largest absolute Gasteiger partial charge is 0.494 e. The van der Waals surface area contributed by atoms with Crippen molar-refractivity contribution in [3.05, 3.63) is 41.7 Å². The summed E-state index contributed by atoms with van der Waals surface area (Å²) in [5, 5.41) is 7.99. The molecule has 5 heteroatoms. The molecule has 0 aliphatic rings. The van der Waals surface area contributed by atoms with E-state index >= 15 is 0 Å². The molecule has 1 heterocycles. The molecule has 0 bridgehead atoms. The van der Waals surface area contributed by atoms with Crippen molar-refractivity contribution in [2.24, 2.45) is 12.8 Å². The van der Waals surface area contributed by atoms with Crippen LogP contribution in [-0.4, -0.2) is 21.6 Å². The summed E-state index contributed by atoms with van der Waals surface area (Å²) in [7, 11) is 1.89. The highest BCUT2D eigenvalue weighted by Gasteiger charge is 2.08. The fourth-order valence-corrected chi connectivity index (χ4v) is 1.83. The average molecular weight is 246 g/mol. The van der Waals surface area contributed by atoms with Crippen molar-refractivity contribution < 1.29 is 4.74 Å². The maximum atomic E-state index is 5.64. The first-order chi connectivity index (χ1) is 8.81. The van der Waals surface area contributed by atoms with Gasteiger partial charge < -0.3 is 10.5 Å². The van der Waals surface area contributed by atoms with Gasteiger partial charge in [0.1, 0.15) is 5.75 Å². The molecule has 0 aliphatic heterocycles. The third-order valence-electron chi connectivity index (χ3n) is 2.79. The average Bonchev–Trinajstić information content (AvgIpc) is 2.77. The van der Waals surface area contributed by atoms with Crippen molar-refractivity contribution in [1.29, 1.82) is 0 Å². The predicted octanol–water partition coefficient (Wildman–Crippen LogP) is 1.29. The van der Waals surface area contributed by atoms with Crippen LogP contribution in [0.2, 0.25) is 0 Å². The van der Waals surface area contributed by atoms with Gasteiger partial charge in [0.15, 0.2) is 0 Å². The van der Waals surface area contributed by atoms with Crippen LogP contribution in [0.25, 0.3) is 0 Å². The second-order valence-electron chi connectivity index (χ2n) is 4.08. The van der Waals surface area contributed by atoms with Gasteiger partial charge in [0.25, 0.3) is 0 Å². The minimum Gasteiger partial charge on any atom is -0.494 e. The van der Waals surface area contributed by atoms with Crippen molar-refractivity contribution in [3.63, 3.8) is 0 Å². The second-order valence-corrected chi connectivity index (χ2v) is 4.08. The SMILES string of the molecule is Cn1nnc(CN)c1CCCOc1ccccc1. The number of ether oxygens (including phenoxy) is 1.